The molecule has 3 rings (SSSR count). The predicted molar refractivity (Wildman–Crippen MR) is 99.1 cm³/mol. The summed E-state index contributed by atoms with van der Waals surface area (Å²) in [7, 11) is 2.85. The number of piperidine rings is 1. The summed E-state index contributed by atoms with van der Waals surface area (Å²) < 4.78 is 24.5. The first-order valence-electron chi connectivity index (χ1n) is 8.85. The lowest BCUT2D eigenvalue weighted by atomic mass is 9.87. The number of carbonyl (C=O) groups excluding carboxylic acids is 2. The minimum absolute atomic E-state index is 0.0164. The van der Waals surface area contributed by atoms with Gasteiger partial charge in [0, 0.05) is 18.7 Å². The highest BCUT2D eigenvalue weighted by Gasteiger charge is 2.40. The van der Waals surface area contributed by atoms with Crippen molar-refractivity contribution in [1.29, 1.82) is 0 Å². The molecule has 0 saturated carbocycles. The number of carbonyl (C=O) groups is 2. The predicted octanol–water partition coefficient (Wildman–Crippen LogP) is 0.856. The quantitative estimate of drug-likeness (QED) is 0.756. The molecule has 154 valence electrons. The standard InChI is InChI=1S/C19H21FN4O5/c1-28-14-10-22-15(17(23-14)29-2)19(27)5-7-24(8-6-19)18(26)12-4-3-11(16(21)25)9-13(12)20/h3-4,9-10,27H,5-8H2,1-2H3,(H2,21,25). The minimum Gasteiger partial charge on any atom is -0.480 e. The van der Waals surface area contributed by atoms with Gasteiger partial charge in [-0.15, -0.1) is 0 Å². The number of aromatic nitrogens is 2. The van der Waals surface area contributed by atoms with E-state index < -0.39 is 23.2 Å². The number of likely N-dealkylation sites (tertiary alicyclic amines) is 1. The highest BCUT2D eigenvalue weighted by atomic mass is 19.1. The Bertz CT molecular complexity index is 944. The van der Waals surface area contributed by atoms with Gasteiger partial charge in [0.1, 0.15) is 17.1 Å². The lowest BCUT2D eigenvalue weighted by Gasteiger charge is -2.38. The smallest absolute Gasteiger partial charge is 0.256 e. The molecule has 0 atom stereocenters. The van der Waals surface area contributed by atoms with Crippen molar-refractivity contribution in [1.82, 2.24) is 14.9 Å². The van der Waals surface area contributed by atoms with Crippen LogP contribution < -0.4 is 15.2 Å². The molecule has 2 amide bonds. The molecule has 0 radical (unpaired) electrons. The van der Waals surface area contributed by atoms with E-state index in [-0.39, 0.29) is 54.5 Å². The molecule has 0 bridgehead atoms. The fourth-order valence-corrected chi connectivity index (χ4v) is 3.25. The number of benzene rings is 1. The summed E-state index contributed by atoms with van der Waals surface area (Å²) in [5.74, 6) is -1.75. The summed E-state index contributed by atoms with van der Waals surface area (Å²) >= 11 is 0. The molecule has 9 nitrogen and oxygen atoms in total. The van der Waals surface area contributed by atoms with E-state index in [2.05, 4.69) is 9.97 Å². The van der Waals surface area contributed by atoms with E-state index in [1.807, 2.05) is 0 Å². The molecule has 0 aliphatic carbocycles. The Morgan fingerprint density at radius 2 is 1.93 bits per heavy atom. The summed E-state index contributed by atoms with van der Waals surface area (Å²) in [5.41, 5.74) is 3.84. The van der Waals surface area contributed by atoms with Gasteiger partial charge in [-0.2, -0.15) is 4.98 Å². The van der Waals surface area contributed by atoms with E-state index in [4.69, 9.17) is 15.2 Å². The van der Waals surface area contributed by atoms with Crippen LogP contribution in [0, 0.1) is 5.82 Å². The molecule has 0 spiro atoms. The Balaban J connectivity index is 1.76. The summed E-state index contributed by atoms with van der Waals surface area (Å²) in [6, 6.07) is 3.47. The van der Waals surface area contributed by atoms with Crippen LogP contribution in [-0.2, 0) is 5.60 Å². The molecule has 1 aromatic heterocycles. The maximum Gasteiger partial charge on any atom is 0.256 e. The second kappa shape index (κ2) is 8.00. The summed E-state index contributed by atoms with van der Waals surface area (Å²) in [4.78, 5) is 33.6. The zero-order valence-electron chi connectivity index (χ0n) is 16.0. The molecule has 1 aliphatic rings. The molecule has 1 saturated heterocycles. The maximum absolute atomic E-state index is 14.3. The number of ether oxygens (including phenoxy) is 2. The van der Waals surface area contributed by atoms with E-state index in [0.29, 0.717) is 0 Å². The van der Waals surface area contributed by atoms with Gasteiger partial charge in [0.25, 0.3) is 5.91 Å². The fourth-order valence-electron chi connectivity index (χ4n) is 3.25. The third-order valence-electron chi connectivity index (χ3n) is 4.92. The molecule has 2 heterocycles. The molecule has 29 heavy (non-hydrogen) atoms. The van der Waals surface area contributed by atoms with E-state index in [9.17, 15) is 19.1 Å². The second-order valence-electron chi connectivity index (χ2n) is 6.65. The number of halogens is 1. The number of nitrogens with two attached hydrogens (primary N) is 1. The number of nitrogens with zero attached hydrogens (tertiary/aromatic N) is 3. The van der Waals surface area contributed by atoms with Gasteiger partial charge >= 0.3 is 0 Å². The van der Waals surface area contributed by atoms with Crippen LogP contribution in [-0.4, -0.2) is 59.1 Å². The molecule has 2 aromatic rings. The Hall–Kier alpha value is -3.27. The highest BCUT2D eigenvalue weighted by Crippen LogP contribution is 2.37. The Labute approximate surface area is 166 Å². The van der Waals surface area contributed by atoms with Gasteiger partial charge in [0.2, 0.25) is 17.7 Å². The second-order valence-corrected chi connectivity index (χ2v) is 6.65. The SMILES string of the molecule is COc1cnc(C2(O)CCN(C(=O)c3ccc(C(N)=O)cc3F)CC2)c(OC)n1. The molecule has 1 aliphatic heterocycles. The molecule has 1 aromatic carbocycles. The zero-order chi connectivity index (χ0) is 21.2. The van der Waals surface area contributed by atoms with Crippen LogP contribution in [0.5, 0.6) is 11.8 Å². The van der Waals surface area contributed by atoms with Crippen molar-refractivity contribution < 1.29 is 28.6 Å². The number of methoxy groups -OCH3 is 2. The van der Waals surface area contributed by atoms with Crippen molar-refractivity contribution in [2.75, 3.05) is 27.3 Å². The number of rotatable bonds is 5. The average Bonchev–Trinajstić information content (AvgIpc) is 2.73. The summed E-state index contributed by atoms with van der Waals surface area (Å²) in [5, 5.41) is 11.1. The van der Waals surface area contributed by atoms with Gasteiger partial charge < -0.3 is 25.2 Å². The van der Waals surface area contributed by atoms with Crippen molar-refractivity contribution in [3.8, 4) is 11.8 Å². The Kier molecular flexibility index (Phi) is 5.64. The molecule has 10 heteroatoms. The van der Waals surface area contributed by atoms with Crippen molar-refractivity contribution >= 4 is 11.8 Å². The largest absolute Gasteiger partial charge is 0.480 e. The molecule has 0 unspecified atom stereocenters. The first-order valence-corrected chi connectivity index (χ1v) is 8.85. The van der Waals surface area contributed by atoms with Crippen LogP contribution in [0.3, 0.4) is 0 Å². The fraction of sp³-hybridized carbons (Fsp3) is 0.368. The Morgan fingerprint density at radius 3 is 2.48 bits per heavy atom. The molecular weight excluding hydrogens is 383 g/mol. The van der Waals surface area contributed by atoms with Crippen molar-refractivity contribution in [3.63, 3.8) is 0 Å². The number of amides is 2. The Morgan fingerprint density at radius 1 is 1.24 bits per heavy atom. The van der Waals surface area contributed by atoms with Crippen molar-refractivity contribution in [2.45, 2.75) is 18.4 Å². The maximum atomic E-state index is 14.3. The lowest BCUT2D eigenvalue weighted by molar-refractivity contribution is -0.0266. The third kappa shape index (κ3) is 3.97. The summed E-state index contributed by atoms with van der Waals surface area (Å²) in [6.45, 7) is 0.340. The number of primary amides is 1. The van der Waals surface area contributed by atoms with Crippen molar-refractivity contribution in [3.05, 3.63) is 47.0 Å². The van der Waals surface area contributed by atoms with Gasteiger partial charge in [0.15, 0.2) is 0 Å². The monoisotopic (exact) mass is 404 g/mol. The van der Waals surface area contributed by atoms with E-state index in [0.717, 1.165) is 6.07 Å². The van der Waals surface area contributed by atoms with Crippen LogP contribution in [0.25, 0.3) is 0 Å². The van der Waals surface area contributed by atoms with E-state index in [1.54, 1.807) is 0 Å². The minimum atomic E-state index is -1.35. The molecular formula is C19H21FN4O5. The zero-order valence-corrected chi connectivity index (χ0v) is 16.0. The van der Waals surface area contributed by atoms with Gasteiger partial charge in [-0.25, -0.2) is 9.37 Å². The van der Waals surface area contributed by atoms with Crippen LogP contribution in [0.2, 0.25) is 0 Å². The van der Waals surface area contributed by atoms with Gasteiger partial charge in [-0.1, -0.05) is 0 Å². The summed E-state index contributed by atoms with van der Waals surface area (Å²) in [6.07, 6.45) is 1.71. The van der Waals surface area contributed by atoms with Gasteiger partial charge in [0.05, 0.1) is 26.0 Å². The van der Waals surface area contributed by atoms with Crippen LogP contribution in [0.4, 0.5) is 4.39 Å². The highest BCUT2D eigenvalue weighted by molar-refractivity contribution is 5.97. The van der Waals surface area contributed by atoms with E-state index >= 15 is 0 Å². The van der Waals surface area contributed by atoms with Gasteiger partial charge in [-0.05, 0) is 31.0 Å². The van der Waals surface area contributed by atoms with Crippen LogP contribution in [0.15, 0.2) is 24.4 Å². The lowest BCUT2D eigenvalue weighted by Crippen LogP contribution is -2.46. The van der Waals surface area contributed by atoms with Gasteiger partial charge in [-0.3, -0.25) is 9.59 Å². The normalized spacial score (nSPS) is 15.7. The van der Waals surface area contributed by atoms with Crippen LogP contribution >= 0.6 is 0 Å². The van der Waals surface area contributed by atoms with Crippen molar-refractivity contribution in [2.24, 2.45) is 5.73 Å². The molecule has 3 N–H and O–H groups in total. The number of hydrogen-bond acceptors (Lipinski definition) is 7. The topological polar surface area (TPSA) is 128 Å². The third-order valence-corrected chi connectivity index (χ3v) is 4.92. The number of hydrogen-bond donors (Lipinski definition) is 2. The first-order chi connectivity index (χ1) is 13.8. The van der Waals surface area contributed by atoms with E-state index in [1.165, 1.54) is 37.4 Å². The molecule has 1 fully saturated rings. The average molecular weight is 404 g/mol. The number of aliphatic hydroxyl groups is 1. The first kappa shape index (κ1) is 20.5. The van der Waals surface area contributed by atoms with Crippen LogP contribution in [0.1, 0.15) is 39.3 Å².